The lowest BCUT2D eigenvalue weighted by Gasteiger charge is -2.25. The van der Waals surface area contributed by atoms with Crippen molar-refractivity contribution in [3.63, 3.8) is 0 Å². The first-order valence-corrected chi connectivity index (χ1v) is 8.62. The maximum absolute atomic E-state index is 12.3. The number of hydrogen-bond acceptors (Lipinski definition) is 5. The second-order valence-corrected chi connectivity index (χ2v) is 6.46. The Balaban J connectivity index is 2.21. The molecule has 0 aliphatic rings. The second kappa shape index (κ2) is 9.19. The Morgan fingerprint density at radius 1 is 1.19 bits per heavy atom. The number of rotatable bonds is 7. The highest BCUT2D eigenvalue weighted by atomic mass is 79.9. The molecule has 0 fully saturated rings. The predicted molar refractivity (Wildman–Crippen MR) is 97.1 cm³/mol. The number of esters is 1. The molecular weight excluding hydrogens is 404 g/mol. The van der Waals surface area contributed by atoms with Gasteiger partial charge in [0.15, 0.2) is 0 Å². The van der Waals surface area contributed by atoms with Crippen LogP contribution >= 0.6 is 15.9 Å². The number of halogens is 1. The van der Waals surface area contributed by atoms with Crippen molar-refractivity contribution in [3.05, 3.63) is 58.5 Å². The quantitative estimate of drug-likeness (QED) is 0.527. The number of hydrogen-bond donors (Lipinski definition) is 2. The fraction of sp³-hybridized carbons (Fsp3) is 0.278. The van der Waals surface area contributed by atoms with Crippen LogP contribution < -0.4 is 10.6 Å². The van der Waals surface area contributed by atoms with E-state index in [-0.39, 0.29) is 6.54 Å². The minimum absolute atomic E-state index is 0.175. The van der Waals surface area contributed by atoms with E-state index in [4.69, 9.17) is 9.15 Å². The van der Waals surface area contributed by atoms with E-state index >= 15 is 0 Å². The number of carbonyl (C=O) groups is 3. The Morgan fingerprint density at radius 2 is 1.88 bits per heavy atom. The van der Waals surface area contributed by atoms with Crippen molar-refractivity contribution in [1.29, 1.82) is 0 Å². The summed E-state index contributed by atoms with van der Waals surface area (Å²) in [5, 5.41) is 5.31. The van der Waals surface area contributed by atoms with Gasteiger partial charge in [-0.3, -0.25) is 9.59 Å². The van der Waals surface area contributed by atoms with Crippen molar-refractivity contribution >= 4 is 33.7 Å². The standard InChI is InChI=1S/C18H19BrN2O5/c1-11(22)15(17(23)25-2)16(12-5-7-13(19)8-6-12)21-18(24)20-10-14-4-3-9-26-14/h3-9,15-16H,10H2,1-2H3,(H2,20,21,24)/t15?,16-/m0/s1. The molecule has 0 spiro atoms. The molecule has 26 heavy (non-hydrogen) atoms. The van der Waals surface area contributed by atoms with E-state index in [0.717, 1.165) is 4.47 Å². The highest BCUT2D eigenvalue weighted by molar-refractivity contribution is 9.10. The molecule has 1 unspecified atom stereocenters. The van der Waals surface area contributed by atoms with Crippen LogP contribution in [0, 0.1) is 5.92 Å². The number of urea groups is 1. The number of Topliss-reactive ketones (excluding diaryl/α,β-unsaturated/α-hetero) is 1. The van der Waals surface area contributed by atoms with Gasteiger partial charge in [0.2, 0.25) is 0 Å². The van der Waals surface area contributed by atoms with E-state index in [1.54, 1.807) is 36.4 Å². The highest BCUT2D eigenvalue weighted by Gasteiger charge is 2.35. The SMILES string of the molecule is COC(=O)C(C(C)=O)[C@@H](NC(=O)NCc1ccco1)c1ccc(Br)cc1. The minimum atomic E-state index is -1.16. The normalized spacial score (nSPS) is 12.7. The van der Waals surface area contributed by atoms with Gasteiger partial charge < -0.3 is 19.8 Å². The van der Waals surface area contributed by atoms with E-state index in [0.29, 0.717) is 11.3 Å². The number of ketones is 1. The van der Waals surface area contributed by atoms with Crippen LogP contribution in [-0.4, -0.2) is 24.9 Å². The number of benzene rings is 1. The van der Waals surface area contributed by atoms with Crippen LogP contribution in [0.15, 0.2) is 51.6 Å². The largest absolute Gasteiger partial charge is 0.468 e. The third-order valence-corrected chi connectivity index (χ3v) is 4.27. The first kappa shape index (κ1) is 19.7. The summed E-state index contributed by atoms with van der Waals surface area (Å²) in [7, 11) is 1.20. The molecule has 0 radical (unpaired) electrons. The van der Waals surface area contributed by atoms with Crippen molar-refractivity contribution in [2.45, 2.75) is 19.5 Å². The molecule has 0 bridgehead atoms. The molecule has 7 nitrogen and oxygen atoms in total. The average molecular weight is 423 g/mol. The predicted octanol–water partition coefficient (Wildman–Crippen LogP) is 2.96. The molecule has 1 heterocycles. The summed E-state index contributed by atoms with van der Waals surface area (Å²) >= 11 is 3.33. The monoisotopic (exact) mass is 422 g/mol. The summed E-state index contributed by atoms with van der Waals surface area (Å²) in [4.78, 5) is 36.5. The Morgan fingerprint density at radius 3 is 2.42 bits per heavy atom. The van der Waals surface area contributed by atoms with Gasteiger partial charge in [0.1, 0.15) is 17.5 Å². The van der Waals surface area contributed by atoms with Crippen LogP contribution in [0.25, 0.3) is 0 Å². The summed E-state index contributed by atoms with van der Waals surface area (Å²) < 4.78 is 10.7. The molecule has 0 aliphatic carbocycles. The summed E-state index contributed by atoms with van der Waals surface area (Å²) in [6.07, 6.45) is 1.50. The summed E-state index contributed by atoms with van der Waals surface area (Å²) in [6, 6.07) is 9.00. The van der Waals surface area contributed by atoms with Crippen molar-refractivity contribution in [3.8, 4) is 0 Å². The van der Waals surface area contributed by atoms with E-state index in [9.17, 15) is 14.4 Å². The smallest absolute Gasteiger partial charge is 0.318 e. The Hall–Kier alpha value is -2.61. The van der Waals surface area contributed by atoms with Crippen LogP contribution in [0.2, 0.25) is 0 Å². The fourth-order valence-electron chi connectivity index (χ4n) is 2.47. The maximum atomic E-state index is 12.3. The molecule has 8 heteroatoms. The zero-order valence-corrected chi connectivity index (χ0v) is 15.9. The van der Waals surface area contributed by atoms with Gasteiger partial charge in [0, 0.05) is 4.47 Å². The Bertz CT molecular complexity index is 758. The number of nitrogens with one attached hydrogen (secondary N) is 2. The van der Waals surface area contributed by atoms with Gasteiger partial charge >= 0.3 is 12.0 Å². The number of methoxy groups -OCH3 is 1. The molecule has 2 N–H and O–H groups in total. The zero-order valence-electron chi connectivity index (χ0n) is 14.3. The van der Waals surface area contributed by atoms with Gasteiger partial charge in [-0.2, -0.15) is 0 Å². The van der Waals surface area contributed by atoms with E-state index in [1.807, 2.05) is 0 Å². The van der Waals surface area contributed by atoms with Gasteiger partial charge in [-0.25, -0.2) is 4.79 Å². The molecule has 1 aromatic heterocycles. The molecule has 0 saturated carbocycles. The topological polar surface area (TPSA) is 97.6 Å². The fourth-order valence-corrected chi connectivity index (χ4v) is 2.73. The highest BCUT2D eigenvalue weighted by Crippen LogP contribution is 2.26. The van der Waals surface area contributed by atoms with Gasteiger partial charge in [-0.05, 0) is 36.8 Å². The van der Waals surface area contributed by atoms with Crippen molar-refractivity contribution in [1.82, 2.24) is 10.6 Å². The van der Waals surface area contributed by atoms with E-state index < -0.39 is 29.7 Å². The minimum Gasteiger partial charge on any atom is -0.468 e. The van der Waals surface area contributed by atoms with Crippen LogP contribution in [0.5, 0.6) is 0 Å². The van der Waals surface area contributed by atoms with Crippen molar-refractivity contribution < 1.29 is 23.5 Å². The molecular formula is C18H19BrN2O5. The van der Waals surface area contributed by atoms with E-state index in [2.05, 4.69) is 26.6 Å². The molecule has 0 saturated heterocycles. The first-order valence-electron chi connectivity index (χ1n) is 7.83. The molecule has 2 amide bonds. The Labute approximate surface area is 159 Å². The molecule has 2 aromatic rings. The number of ether oxygens (including phenoxy) is 1. The van der Waals surface area contributed by atoms with Gasteiger partial charge in [-0.1, -0.05) is 28.1 Å². The van der Waals surface area contributed by atoms with Crippen LogP contribution in [-0.2, 0) is 20.9 Å². The molecule has 2 atom stereocenters. The van der Waals surface area contributed by atoms with Crippen LogP contribution in [0.3, 0.4) is 0 Å². The first-order chi connectivity index (χ1) is 12.4. The summed E-state index contributed by atoms with van der Waals surface area (Å²) in [5.74, 6) is -1.69. The molecule has 0 aliphatic heterocycles. The lowest BCUT2D eigenvalue weighted by Crippen LogP contribution is -2.44. The maximum Gasteiger partial charge on any atom is 0.318 e. The molecule has 1 aromatic carbocycles. The molecule has 138 valence electrons. The van der Waals surface area contributed by atoms with E-state index in [1.165, 1.54) is 20.3 Å². The van der Waals surface area contributed by atoms with Crippen LogP contribution in [0.4, 0.5) is 4.79 Å². The van der Waals surface area contributed by atoms with Gasteiger partial charge in [0.25, 0.3) is 0 Å². The lowest BCUT2D eigenvalue weighted by molar-refractivity contribution is -0.150. The molecule has 2 rings (SSSR count). The summed E-state index contributed by atoms with van der Waals surface area (Å²) in [6.45, 7) is 1.46. The number of amides is 2. The number of carbonyl (C=O) groups excluding carboxylic acids is 3. The Kier molecular flexibility index (Phi) is 6.97. The summed E-state index contributed by atoms with van der Waals surface area (Å²) in [5.41, 5.74) is 0.604. The van der Waals surface area contributed by atoms with Gasteiger partial charge in [-0.15, -0.1) is 0 Å². The van der Waals surface area contributed by atoms with Crippen molar-refractivity contribution in [2.75, 3.05) is 7.11 Å². The third kappa shape index (κ3) is 5.19. The zero-order chi connectivity index (χ0) is 19.1. The van der Waals surface area contributed by atoms with Crippen LogP contribution in [0.1, 0.15) is 24.3 Å². The average Bonchev–Trinajstić information content (AvgIpc) is 3.13. The van der Waals surface area contributed by atoms with Gasteiger partial charge in [0.05, 0.1) is 26.0 Å². The lowest BCUT2D eigenvalue weighted by atomic mass is 9.90. The number of furan rings is 1. The second-order valence-electron chi connectivity index (χ2n) is 5.55. The van der Waals surface area contributed by atoms with Crippen molar-refractivity contribution in [2.24, 2.45) is 5.92 Å². The third-order valence-electron chi connectivity index (χ3n) is 3.75.